The van der Waals surface area contributed by atoms with Crippen LogP contribution in [0.25, 0.3) is 0 Å². The first-order valence-electron chi connectivity index (χ1n) is 4.16. The average molecular weight is 204 g/mol. The lowest BCUT2D eigenvalue weighted by atomic mass is 9.98. The minimum atomic E-state index is -1.27. The fourth-order valence-corrected chi connectivity index (χ4v) is 1.16. The van der Waals surface area contributed by atoms with E-state index in [1.807, 2.05) is 0 Å². The van der Waals surface area contributed by atoms with E-state index in [-0.39, 0.29) is 6.42 Å². The van der Waals surface area contributed by atoms with Crippen molar-refractivity contribution in [3.05, 3.63) is 35.1 Å². The van der Waals surface area contributed by atoms with Crippen molar-refractivity contribution in [2.75, 3.05) is 0 Å². The van der Waals surface area contributed by atoms with E-state index >= 15 is 0 Å². The highest BCUT2D eigenvalue weighted by molar-refractivity contribution is 5.22. The summed E-state index contributed by atoms with van der Waals surface area (Å²) in [7, 11) is 0. The van der Waals surface area contributed by atoms with E-state index in [4.69, 9.17) is 0 Å². The standard InChI is InChI=1S/C10H11F3O/c1-10(2,14)5-6-7(11)3-4-8(12)9(6)13/h3-4,14H,5H2,1-2H3. The van der Waals surface area contributed by atoms with Crippen LogP contribution in [-0.2, 0) is 6.42 Å². The maximum atomic E-state index is 13.1. The van der Waals surface area contributed by atoms with Crippen LogP contribution in [0.4, 0.5) is 13.2 Å². The molecule has 0 atom stereocenters. The molecule has 1 nitrogen and oxygen atoms in total. The third-order valence-corrected chi connectivity index (χ3v) is 1.75. The normalized spacial score (nSPS) is 11.9. The lowest BCUT2D eigenvalue weighted by Gasteiger charge is -2.17. The van der Waals surface area contributed by atoms with Crippen molar-refractivity contribution >= 4 is 0 Å². The van der Waals surface area contributed by atoms with Gasteiger partial charge in [0.2, 0.25) is 0 Å². The predicted octanol–water partition coefficient (Wildman–Crippen LogP) is 2.42. The Hall–Kier alpha value is -1.03. The Kier molecular flexibility index (Phi) is 2.85. The van der Waals surface area contributed by atoms with Gasteiger partial charge in [0.25, 0.3) is 0 Å². The molecule has 0 aromatic heterocycles. The summed E-state index contributed by atoms with van der Waals surface area (Å²) < 4.78 is 38.8. The van der Waals surface area contributed by atoms with Crippen LogP contribution in [0.5, 0.6) is 0 Å². The second-order valence-corrected chi connectivity index (χ2v) is 3.81. The second kappa shape index (κ2) is 3.61. The van der Waals surface area contributed by atoms with Crippen LogP contribution < -0.4 is 0 Å². The largest absolute Gasteiger partial charge is 0.390 e. The molecule has 0 bridgehead atoms. The maximum Gasteiger partial charge on any atom is 0.165 e. The van der Waals surface area contributed by atoms with Gasteiger partial charge < -0.3 is 5.11 Å². The van der Waals surface area contributed by atoms with Crippen LogP contribution in [0, 0.1) is 17.5 Å². The quantitative estimate of drug-likeness (QED) is 0.733. The van der Waals surface area contributed by atoms with Crippen molar-refractivity contribution in [2.24, 2.45) is 0 Å². The Balaban J connectivity index is 3.13. The molecule has 0 spiro atoms. The van der Waals surface area contributed by atoms with Gasteiger partial charge in [-0.15, -0.1) is 0 Å². The highest BCUT2D eigenvalue weighted by Gasteiger charge is 2.21. The van der Waals surface area contributed by atoms with Crippen LogP contribution in [0.15, 0.2) is 12.1 Å². The van der Waals surface area contributed by atoms with Crippen molar-refractivity contribution < 1.29 is 18.3 Å². The molecule has 1 aromatic rings. The number of rotatable bonds is 2. The van der Waals surface area contributed by atoms with Gasteiger partial charge in [0.15, 0.2) is 11.6 Å². The number of aliphatic hydroxyl groups is 1. The van der Waals surface area contributed by atoms with Crippen molar-refractivity contribution in [3.8, 4) is 0 Å². The molecular weight excluding hydrogens is 193 g/mol. The van der Waals surface area contributed by atoms with E-state index in [0.717, 1.165) is 12.1 Å². The van der Waals surface area contributed by atoms with Crippen LogP contribution in [0.3, 0.4) is 0 Å². The first-order valence-corrected chi connectivity index (χ1v) is 4.16. The first-order chi connectivity index (χ1) is 6.31. The molecule has 0 amide bonds. The fraction of sp³-hybridized carbons (Fsp3) is 0.400. The first kappa shape index (κ1) is 11.0. The van der Waals surface area contributed by atoms with Gasteiger partial charge in [0.1, 0.15) is 5.82 Å². The van der Waals surface area contributed by atoms with E-state index in [1.165, 1.54) is 13.8 Å². The van der Waals surface area contributed by atoms with Gasteiger partial charge in [-0.3, -0.25) is 0 Å². The smallest absolute Gasteiger partial charge is 0.165 e. The molecule has 14 heavy (non-hydrogen) atoms. The Morgan fingerprint density at radius 2 is 1.64 bits per heavy atom. The monoisotopic (exact) mass is 204 g/mol. The molecule has 1 rings (SSSR count). The number of hydrogen-bond acceptors (Lipinski definition) is 1. The molecule has 0 aliphatic rings. The lowest BCUT2D eigenvalue weighted by Crippen LogP contribution is -2.23. The zero-order valence-electron chi connectivity index (χ0n) is 7.94. The van der Waals surface area contributed by atoms with Crippen molar-refractivity contribution in [3.63, 3.8) is 0 Å². The highest BCUT2D eigenvalue weighted by Crippen LogP contribution is 2.20. The number of halogens is 3. The molecule has 0 fully saturated rings. The van der Waals surface area contributed by atoms with Crippen LogP contribution in [0.1, 0.15) is 19.4 Å². The number of hydrogen-bond donors (Lipinski definition) is 1. The van der Waals surface area contributed by atoms with E-state index in [2.05, 4.69) is 0 Å². The molecule has 0 heterocycles. The predicted molar refractivity (Wildman–Crippen MR) is 46.3 cm³/mol. The van der Waals surface area contributed by atoms with E-state index < -0.39 is 28.6 Å². The summed E-state index contributed by atoms with van der Waals surface area (Å²) in [6, 6.07) is 1.57. The van der Waals surface area contributed by atoms with E-state index in [0.29, 0.717) is 0 Å². The summed E-state index contributed by atoms with van der Waals surface area (Å²) in [6.07, 6.45) is -0.261. The third kappa shape index (κ3) is 2.48. The molecule has 78 valence electrons. The van der Waals surface area contributed by atoms with Gasteiger partial charge >= 0.3 is 0 Å². The van der Waals surface area contributed by atoms with Crippen molar-refractivity contribution in [1.29, 1.82) is 0 Å². The van der Waals surface area contributed by atoms with Gasteiger partial charge in [0, 0.05) is 12.0 Å². The van der Waals surface area contributed by atoms with Gasteiger partial charge in [-0.05, 0) is 26.0 Å². The molecule has 0 saturated carbocycles. The molecule has 0 radical (unpaired) electrons. The zero-order chi connectivity index (χ0) is 10.9. The maximum absolute atomic E-state index is 13.1. The summed E-state index contributed by atoms with van der Waals surface area (Å²) in [5, 5.41) is 9.36. The van der Waals surface area contributed by atoms with E-state index in [9.17, 15) is 18.3 Å². The molecular formula is C10H11F3O. The van der Waals surface area contributed by atoms with Gasteiger partial charge in [-0.1, -0.05) is 0 Å². The molecule has 0 aliphatic carbocycles. The minimum absolute atomic E-state index is 0.261. The third-order valence-electron chi connectivity index (χ3n) is 1.75. The number of benzene rings is 1. The summed E-state index contributed by atoms with van der Waals surface area (Å²) in [4.78, 5) is 0. The van der Waals surface area contributed by atoms with Gasteiger partial charge in [-0.25, -0.2) is 13.2 Å². The van der Waals surface area contributed by atoms with Gasteiger partial charge in [0.05, 0.1) is 5.60 Å². The zero-order valence-corrected chi connectivity index (χ0v) is 7.94. The van der Waals surface area contributed by atoms with Crippen LogP contribution in [-0.4, -0.2) is 10.7 Å². The molecule has 0 aliphatic heterocycles. The Bertz CT molecular complexity index is 342. The van der Waals surface area contributed by atoms with E-state index in [1.54, 1.807) is 0 Å². The molecule has 1 aromatic carbocycles. The summed E-state index contributed by atoms with van der Waals surface area (Å²) in [6.45, 7) is 2.80. The average Bonchev–Trinajstić information content (AvgIpc) is 2.04. The Morgan fingerprint density at radius 1 is 1.14 bits per heavy atom. The second-order valence-electron chi connectivity index (χ2n) is 3.81. The summed E-state index contributed by atoms with van der Waals surface area (Å²) >= 11 is 0. The molecule has 4 heteroatoms. The van der Waals surface area contributed by atoms with Crippen LogP contribution >= 0.6 is 0 Å². The summed E-state index contributed by atoms with van der Waals surface area (Å²) in [5.74, 6) is -3.18. The SMILES string of the molecule is CC(C)(O)Cc1c(F)ccc(F)c1F. The fourth-order valence-electron chi connectivity index (χ4n) is 1.16. The molecule has 1 N–H and O–H groups in total. The Morgan fingerprint density at radius 3 is 2.14 bits per heavy atom. The Labute approximate surface area is 80.2 Å². The molecule has 0 unspecified atom stereocenters. The summed E-state index contributed by atoms with van der Waals surface area (Å²) in [5.41, 5.74) is -1.69. The minimum Gasteiger partial charge on any atom is -0.390 e. The molecule has 0 saturated heterocycles. The lowest BCUT2D eigenvalue weighted by molar-refractivity contribution is 0.0787. The van der Waals surface area contributed by atoms with Crippen LogP contribution in [0.2, 0.25) is 0 Å². The van der Waals surface area contributed by atoms with Crippen molar-refractivity contribution in [2.45, 2.75) is 25.9 Å². The van der Waals surface area contributed by atoms with Gasteiger partial charge in [-0.2, -0.15) is 0 Å². The topological polar surface area (TPSA) is 20.2 Å². The van der Waals surface area contributed by atoms with Crippen molar-refractivity contribution in [1.82, 2.24) is 0 Å². The highest BCUT2D eigenvalue weighted by atomic mass is 19.2.